The summed E-state index contributed by atoms with van der Waals surface area (Å²) in [5.41, 5.74) is 2.76. The van der Waals surface area contributed by atoms with Crippen LogP contribution in [-0.2, 0) is 16.1 Å². The lowest BCUT2D eigenvalue weighted by atomic mass is 10.00. The van der Waals surface area contributed by atoms with Gasteiger partial charge in [0.15, 0.2) is 0 Å². The molecule has 1 aromatic carbocycles. The normalized spacial score (nSPS) is 19.9. The number of anilines is 2. The zero-order chi connectivity index (χ0) is 23.5. The van der Waals surface area contributed by atoms with Crippen molar-refractivity contribution in [3.05, 3.63) is 42.2 Å². The molecule has 1 fully saturated rings. The molecule has 0 bridgehead atoms. The number of nitrogens with zero attached hydrogens (tertiary/aromatic N) is 3. The summed E-state index contributed by atoms with van der Waals surface area (Å²) in [6.07, 6.45) is 3.11. The number of nitrogens with one attached hydrogen (secondary N) is 4. The Morgan fingerprint density at radius 3 is 2.97 bits per heavy atom. The van der Waals surface area contributed by atoms with Crippen molar-refractivity contribution in [2.45, 2.75) is 36.4 Å². The fraction of sp³-hybridized carbons (Fsp3) is 0.348. The van der Waals surface area contributed by atoms with Crippen LogP contribution < -0.4 is 26.0 Å². The largest absolute Gasteiger partial charge is 0.480 e. The molecule has 4 heterocycles. The van der Waals surface area contributed by atoms with Crippen LogP contribution in [0.1, 0.15) is 18.5 Å². The lowest BCUT2D eigenvalue weighted by Crippen LogP contribution is -2.52. The van der Waals surface area contributed by atoms with Crippen LogP contribution >= 0.6 is 11.8 Å². The lowest BCUT2D eigenvalue weighted by molar-refractivity contribution is -0.118. The quantitative estimate of drug-likeness (QED) is 0.419. The Morgan fingerprint density at radius 2 is 2.15 bits per heavy atom. The molecule has 176 valence electrons. The Labute approximate surface area is 200 Å². The van der Waals surface area contributed by atoms with Gasteiger partial charge >= 0.3 is 0 Å². The minimum Gasteiger partial charge on any atom is -0.480 e. The molecule has 2 aliphatic rings. The Morgan fingerprint density at radius 1 is 1.24 bits per heavy atom. The topological polar surface area (TPSA) is 130 Å². The van der Waals surface area contributed by atoms with Crippen molar-refractivity contribution in [3.63, 3.8) is 0 Å². The molecule has 2 atom stereocenters. The number of benzene rings is 1. The number of fused-ring (bicyclic) bond motifs is 2. The van der Waals surface area contributed by atoms with Gasteiger partial charge in [-0.3, -0.25) is 9.59 Å². The van der Waals surface area contributed by atoms with E-state index in [1.165, 1.54) is 18.9 Å². The summed E-state index contributed by atoms with van der Waals surface area (Å²) in [5.74, 6) is 1.34. The number of pyridine rings is 1. The molecule has 2 aliphatic heterocycles. The molecule has 2 amide bonds. The molecule has 0 radical (unpaired) electrons. The number of para-hydroxylation sites is 1. The number of piperidine rings is 1. The highest BCUT2D eigenvalue weighted by Crippen LogP contribution is 2.29. The maximum absolute atomic E-state index is 12.9. The molecule has 11 heteroatoms. The summed E-state index contributed by atoms with van der Waals surface area (Å²) in [6.45, 7) is 1.26. The van der Waals surface area contributed by atoms with E-state index in [-0.39, 0.29) is 23.9 Å². The van der Waals surface area contributed by atoms with Crippen molar-refractivity contribution in [1.29, 1.82) is 0 Å². The van der Waals surface area contributed by atoms with Gasteiger partial charge in [0.05, 0.1) is 46.9 Å². The van der Waals surface area contributed by atoms with Crippen LogP contribution in [0.25, 0.3) is 11.0 Å². The van der Waals surface area contributed by atoms with E-state index in [1.54, 1.807) is 6.20 Å². The number of carbonyl (C=O) groups excluding carboxylic acids is 2. The maximum Gasteiger partial charge on any atom is 0.241 e. The van der Waals surface area contributed by atoms with Crippen molar-refractivity contribution < 1.29 is 14.3 Å². The van der Waals surface area contributed by atoms with Gasteiger partial charge in [0, 0.05) is 19.1 Å². The number of aromatic nitrogens is 3. The first-order valence-electron chi connectivity index (χ1n) is 11.1. The van der Waals surface area contributed by atoms with Crippen LogP contribution in [-0.4, -0.2) is 58.3 Å². The monoisotopic (exact) mass is 479 g/mol. The molecule has 2 aromatic heterocycles. The first kappa shape index (κ1) is 22.5. The summed E-state index contributed by atoms with van der Waals surface area (Å²) in [4.78, 5) is 38.8. The Balaban J connectivity index is 1.14. The van der Waals surface area contributed by atoms with Crippen LogP contribution in [0, 0.1) is 0 Å². The molecule has 0 spiro atoms. The van der Waals surface area contributed by atoms with Gasteiger partial charge in [-0.25, -0.2) is 15.0 Å². The van der Waals surface area contributed by atoms with Crippen LogP contribution in [0.3, 0.4) is 0 Å². The SMILES string of the molecule is COc1cnc2cccc(NC(=O)C3CCC(NCc4ccc5c(n4)NC(=O)CS5)CN3)c2n1. The van der Waals surface area contributed by atoms with Crippen LogP contribution in [0.5, 0.6) is 5.88 Å². The summed E-state index contributed by atoms with van der Waals surface area (Å²) < 4.78 is 5.17. The Bertz CT molecular complexity index is 1230. The summed E-state index contributed by atoms with van der Waals surface area (Å²) in [6, 6.07) is 9.40. The highest BCUT2D eigenvalue weighted by atomic mass is 32.2. The lowest BCUT2D eigenvalue weighted by Gasteiger charge is -2.30. The van der Waals surface area contributed by atoms with Crippen molar-refractivity contribution in [1.82, 2.24) is 25.6 Å². The molecular formula is C23H25N7O3S. The maximum atomic E-state index is 12.9. The minimum absolute atomic E-state index is 0.0226. The van der Waals surface area contributed by atoms with E-state index < -0.39 is 0 Å². The summed E-state index contributed by atoms with van der Waals surface area (Å²) in [7, 11) is 1.53. The van der Waals surface area contributed by atoms with Gasteiger partial charge in [0.2, 0.25) is 17.7 Å². The number of rotatable bonds is 6. The summed E-state index contributed by atoms with van der Waals surface area (Å²) in [5, 5.41) is 12.6. The van der Waals surface area contributed by atoms with E-state index in [9.17, 15) is 9.59 Å². The first-order valence-corrected chi connectivity index (χ1v) is 12.1. The fourth-order valence-corrected chi connectivity index (χ4v) is 4.80. The molecule has 3 aromatic rings. The Hall–Kier alpha value is -3.28. The number of thioether (sulfide) groups is 1. The molecule has 0 aliphatic carbocycles. The van der Waals surface area contributed by atoms with Crippen molar-refractivity contribution >= 4 is 46.1 Å². The van der Waals surface area contributed by atoms with E-state index in [1.807, 2.05) is 30.3 Å². The van der Waals surface area contributed by atoms with E-state index in [4.69, 9.17) is 4.74 Å². The van der Waals surface area contributed by atoms with E-state index >= 15 is 0 Å². The number of methoxy groups -OCH3 is 1. The van der Waals surface area contributed by atoms with Gasteiger partial charge in [-0.15, -0.1) is 11.8 Å². The molecule has 0 saturated carbocycles. The average molecular weight is 480 g/mol. The van der Waals surface area contributed by atoms with Crippen molar-refractivity contribution in [2.24, 2.45) is 0 Å². The second kappa shape index (κ2) is 9.92. The molecule has 5 rings (SSSR count). The van der Waals surface area contributed by atoms with Crippen molar-refractivity contribution in [3.8, 4) is 5.88 Å². The highest BCUT2D eigenvalue weighted by Gasteiger charge is 2.26. The van der Waals surface area contributed by atoms with E-state index in [0.717, 1.165) is 17.0 Å². The molecular weight excluding hydrogens is 454 g/mol. The fourth-order valence-electron chi connectivity index (χ4n) is 4.04. The van der Waals surface area contributed by atoms with E-state index in [0.29, 0.717) is 53.7 Å². The smallest absolute Gasteiger partial charge is 0.241 e. The van der Waals surface area contributed by atoms with Crippen LogP contribution in [0.15, 0.2) is 41.4 Å². The van der Waals surface area contributed by atoms with Gasteiger partial charge in [-0.1, -0.05) is 6.07 Å². The zero-order valence-corrected chi connectivity index (χ0v) is 19.4. The molecule has 34 heavy (non-hydrogen) atoms. The second-order valence-corrected chi connectivity index (χ2v) is 9.19. The molecule has 2 unspecified atom stereocenters. The van der Waals surface area contributed by atoms with Gasteiger partial charge in [-0.05, 0) is 37.1 Å². The minimum atomic E-state index is -0.291. The highest BCUT2D eigenvalue weighted by molar-refractivity contribution is 8.00. The predicted octanol–water partition coefficient (Wildman–Crippen LogP) is 1.93. The molecule has 1 saturated heterocycles. The Kier molecular flexibility index (Phi) is 6.57. The first-order chi connectivity index (χ1) is 16.6. The molecule has 10 nitrogen and oxygen atoms in total. The number of hydrogen-bond acceptors (Lipinski definition) is 9. The third-order valence-electron chi connectivity index (χ3n) is 5.85. The second-order valence-electron chi connectivity index (χ2n) is 8.18. The van der Waals surface area contributed by atoms with Crippen LogP contribution in [0.2, 0.25) is 0 Å². The predicted molar refractivity (Wildman–Crippen MR) is 130 cm³/mol. The van der Waals surface area contributed by atoms with Crippen molar-refractivity contribution in [2.75, 3.05) is 30.0 Å². The van der Waals surface area contributed by atoms with Crippen LogP contribution in [0.4, 0.5) is 11.5 Å². The number of hydrogen-bond donors (Lipinski definition) is 4. The zero-order valence-electron chi connectivity index (χ0n) is 18.6. The van der Waals surface area contributed by atoms with Gasteiger partial charge < -0.3 is 26.0 Å². The average Bonchev–Trinajstić information content (AvgIpc) is 2.87. The number of ether oxygens (including phenoxy) is 1. The number of carbonyl (C=O) groups is 2. The molecule has 4 N–H and O–H groups in total. The standard InChI is InChI=1S/C23H25N7O3S/c1-33-20-11-26-15-3-2-4-16(21(15)30-20)28-23(32)17-7-5-13(9-25-17)24-10-14-6-8-18-22(27-14)29-19(31)12-34-18/h2-4,6,8,11,13,17,24-25H,5,7,9-10,12H2,1H3,(H,28,32)(H,27,29,31). The third-order valence-corrected chi connectivity index (χ3v) is 6.90. The third kappa shape index (κ3) is 4.96. The number of amides is 2. The summed E-state index contributed by atoms with van der Waals surface area (Å²) >= 11 is 1.50. The van der Waals surface area contributed by atoms with E-state index in [2.05, 4.69) is 36.2 Å². The van der Waals surface area contributed by atoms with Gasteiger partial charge in [0.25, 0.3) is 0 Å². The van der Waals surface area contributed by atoms with Gasteiger partial charge in [-0.2, -0.15) is 0 Å². The van der Waals surface area contributed by atoms with Gasteiger partial charge in [0.1, 0.15) is 11.3 Å².